The summed E-state index contributed by atoms with van der Waals surface area (Å²) in [5.41, 5.74) is 0.145. The molecule has 0 radical (unpaired) electrons. The first-order valence-electron chi connectivity index (χ1n) is 10.4. The Morgan fingerprint density at radius 2 is 1.91 bits per heavy atom. The number of hydrogen-bond acceptors (Lipinski definition) is 5. The zero-order valence-electron chi connectivity index (χ0n) is 17.7. The van der Waals surface area contributed by atoms with Gasteiger partial charge in [0.25, 0.3) is 0 Å². The van der Waals surface area contributed by atoms with E-state index in [2.05, 4.69) is 22.1 Å². The monoisotopic (exact) mass is 474 g/mol. The SMILES string of the molecule is CCC(CCn1cnnc1)Cc1ccc2nc(-c3ccc(C(=O)O)c(C(F)(F)F)c3)sc2c1. The molecule has 4 rings (SSSR count). The molecule has 0 bridgehead atoms. The average Bonchev–Trinajstić information content (AvgIpc) is 3.45. The molecule has 0 spiro atoms. The highest BCUT2D eigenvalue weighted by molar-refractivity contribution is 7.21. The quantitative estimate of drug-likeness (QED) is 0.342. The van der Waals surface area contributed by atoms with Gasteiger partial charge in [-0.15, -0.1) is 21.5 Å². The van der Waals surface area contributed by atoms with Gasteiger partial charge in [-0.25, -0.2) is 9.78 Å². The van der Waals surface area contributed by atoms with Gasteiger partial charge < -0.3 is 9.67 Å². The number of aryl methyl sites for hydroxylation is 1. The van der Waals surface area contributed by atoms with Crippen LogP contribution < -0.4 is 0 Å². The molecule has 10 heteroatoms. The van der Waals surface area contributed by atoms with Crippen LogP contribution in [0.5, 0.6) is 0 Å². The van der Waals surface area contributed by atoms with E-state index < -0.39 is 23.3 Å². The molecular formula is C23H21F3N4O2S. The Hall–Kier alpha value is -3.27. The van der Waals surface area contributed by atoms with E-state index in [-0.39, 0.29) is 5.56 Å². The number of carboxylic acid groups (broad SMARTS) is 1. The molecular weight excluding hydrogens is 453 g/mol. The maximum absolute atomic E-state index is 13.4. The van der Waals surface area contributed by atoms with Gasteiger partial charge in [-0.3, -0.25) is 0 Å². The third-order valence-electron chi connectivity index (χ3n) is 5.62. The Bertz CT molecular complexity index is 1270. The van der Waals surface area contributed by atoms with Crippen LogP contribution in [0.25, 0.3) is 20.8 Å². The van der Waals surface area contributed by atoms with Crippen molar-refractivity contribution in [1.29, 1.82) is 0 Å². The minimum Gasteiger partial charge on any atom is -0.478 e. The topological polar surface area (TPSA) is 80.9 Å². The van der Waals surface area contributed by atoms with Crippen LogP contribution in [0.15, 0.2) is 49.1 Å². The molecule has 1 unspecified atom stereocenters. The van der Waals surface area contributed by atoms with Crippen LogP contribution in [-0.4, -0.2) is 30.8 Å². The number of alkyl halides is 3. The lowest BCUT2D eigenvalue weighted by atomic mass is 9.94. The molecule has 0 amide bonds. The summed E-state index contributed by atoms with van der Waals surface area (Å²) < 4.78 is 43.0. The van der Waals surface area contributed by atoms with Gasteiger partial charge in [-0.2, -0.15) is 13.2 Å². The minimum absolute atomic E-state index is 0.246. The van der Waals surface area contributed by atoms with E-state index in [1.807, 2.05) is 22.8 Å². The molecule has 2 aromatic heterocycles. The normalized spacial score (nSPS) is 12.8. The molecule has 0 saturated carbocycles. The molecule has 0 aliphatic rings. The number of benzene rings is 2. The van der Waals surface area contributed by atoms with Gasteiger partial charge in [0, 0.05) is 12.1 Å². The number of carbonyl (C=O) groups is 1. The fourth-order valence-electron chi connectivity index (χ4n) is 3.77. The number of aromatic carboxylic acids is 1. The van der Waals surface area contributed by atoms with Crippen molar-refractivity contribution in [2.24, 2.45) is 5.92 Å². The number of carboxylic acids is 1. The van der Waals surface area contributed by atoms with Crippen molar-refractivity contribution in [3.8, 4) is 10.6 Å². The summed E-state index contributed by atoms with van der Waals surface area (Å²) in [6.45, 7) is 2.99. The van der Waals surface area contributed by atoms with Gasteiger partial charge in [0.05, 0.1) is 21.3 Å². The zero-order chi connectivity index (χ0) is 23.6. The van der Waals surface area contributed by atoms with E-state index in [4.69, 9.17) is 5.11 Å². The fraction of sp³-hybridized carbons (Fsp3) is 0.304. The van der Waals surface area contributed by atoms with E-state index in [1.54, 1.807) is 12.7 Å². The summed E-state index contributed by atoms with van der Waals surface area (Å²) in [6, 6.07) is 9.14. The highest BCUT2D eigenvalue weighted by Crippen LogP contribution is 2.37. The number of nitrogens with zero attached hydrogens (tertiary/aromatic N) is 4. The molecule has 6 nitrogen and oxygen atoms in total. The van der Waals surface area contributed by atoms with Gasteiger partial charge in [0.1, 0.15) is 17.7 Å². The van der Waals surface area contributed by atoms with Crippen LogP contribution >= 0.6 is 11.3 Å². The summed E-state index contributed by atoms with van der Waals surface area (Å²) in [7, 11) is 0. The number of fused-ring (bicyclic) bond motifs is 1. The van der Waals surface area contributed by atoms with Gasteiger partial charge in [-0.1, -0.05) is 25.5 Å². The highest BCUT2D eigenvalue weighted by Gasteiger charge is 2.35. The lowest BCUT2D eigenvalue weighted by Crippen LogP contribution is -2.12. The minimum atomic E-state index is -4.77. The van der Waals surface area contributed by atoms with Crippen LogP contribution in [0.3, 0.4) is 0 Å². The predicted octanol–water partition coefficient (Wildman–Crippen LogP) is 5.93. The Morgan fingerprint density at radius 1 is 1.15 bits per heavy atom. The van der Waals surface area contributed by atoms with E-state index in [1.165, 1.54) is 17.4 Å². The van der Waals surface area contributed by atoms with Crippen LogP contribution in [0.2, 0.25) is 0 Å². The second-order valence-electron chi connectivity index (χ2n) is 7.85. The molecule has 0 aliphatic heterocycles. The number of thiazole rings is 1. The van der Waals surface area contributed by atoms with Crippen molar-refractivity contribution in [2.75, 3.05) is 0 Å². The summed E-state index contributed by atoms with van der Waals surface area (Å²) in [6.07, 6.45) is 1.51. The Morgan fingerprint density at radius 3 is 2.58 bits per heavy atom. The smallest absolute Gasteiger partial charge is 0.417 e. The summed E-state index contributed by atoms with van der Waals surface area (Å²) in [5, 5.41) is 17.2. The second-order valence-corrected chi connectivity index (χ2v) is 8.88. The molecule has 0 fully saturated rings. The van der Waals surface area contributed by atoms with E-state index >= 15 is 0 Å². The molecule has 0 saturated heterocycles. The lowest BCUT2D eigenvalue weighted by molar-refractivity contribution is -0.138. The van der Waals surface area contributed by atoms with Gasteiger partial charge in [0.2, 0.25) is 0 Å². The van der Waals surface area contributed by atoms with Crippen LogP contribution in [-0.2, 0) is 19.1 Å². The molecule has 2 heterocycles. The van der Waals surface area contributed by atoms with Crippen molar-refractivity contribution >= 4 is 27.5 Å². The van der Waals surface area contributed by atoms with Crippen molar-refractivity contribution in [2.45, 2.75) is 38.9 Å². The van der Waals surface area contributed by atoms with E-state index in [0.717, 1.165) is 48.2 Å². The first-order valence-corrected chi connectivity index (χ1v) is 11.2. The molecule has 2 aromatic carbocycles. The predicted molar refractivity (Wildman–Crippen MR) is 119 cm³/mol. The molecule has 33 heavy (non-hydrogen) atoms. The largest absolute Gasteiger partial charge is 0.478 e. The first-order chi connectivity index (χ1) is 15.7. The van der Waals surface area contributed by atoms with Crippen LogP contribution in [0.4, 0.5) is 13.2 Å². The lowest BCUT2D eigenvalue weighted by Gasteiger charge is -2.15. The van der Waals surface area contributed by atoms with Crippen molar-refractivity contribution in [3.05, 3.63) is 65.7 Å². The molecule has 1 atom stereocenters. The van der Waals surface area contributed by atoms with E-state index in [9.17, 15) is 18.0 Å². The zero-order valence-corrected chi connectivity index (χ0v) is 18.5. The van der Waals surface area contributed by atoms with Crippen molar-refractivity contribution in [1.82, 2.24) is 19.7 Å². The van der Waals surface area contributed by atoms with Crippen molar-refractivity contribution < 1.29 is 23.1 Å². The molecule has 172 valence electrons. The highest BCUT2D eigenvalue weighted by atomic mass is 32.1. The van der Waals surface area contributed by atoms with Gasteiger partial charge in [0.15, 0.2) is 0 Å². The molecule has 0 aliphatic carbocycles. The van der Waals surface area contributed by atoms with E-state index in [0.29, 0.717) is 16.4 Å². The Kier molecular flexibility index (Phi) is 6.46. The van der Waals surface area contributed by atoms with Gasteiger partial charge in [-0.05, 0) is 48.6 Å². The number of aromatic nitrogens is 4. The Balaban J connectivity index is 1.57. The molecule has 4 aromatic rings. The maximum atomic E-state index is 13.4. The number of halogens is 3. The first kappa shape index (κ1) is 22.9. The summed E-state index contributed by atoms with van der Waals surface area (Å²) in [4.78, 5) is 15.7. The second kappa shape index (κ2) is 9.30. The molecule has 1 N–H and O–H groups in total. The third-order valence-corrected chi connectivity index (χ3v) is 6.69. The van der Waals surface area contributed by atoms with Crippen molar-refractivity contribution in [3.63, 3.8) is 0 Å². The average molecular weight is 475 g/mol. The summed E-state index contributed by atoms with van der Waals surface area (Å²) in [5.74, 6) is -1.15. The van der Waals surface area contributed by atoms with Crippen LogP contribution in [0.1, 0.15) is 41.3 Å². The van der Waals surface area contributed by atoms with Crippen LogP contribution in [0, 0.1) is 5.92 Å². The van der Waals surface area contributed by atoms with Gasteiger partial charge >= 0.3 is 12.1 Å². The Labute approximate surface area is 191 Å². The third kappa shape index (κ3) is 5.22. The maximum Gasteiger partial charge on any atom is 0.417 e. The fourth-order valence-corrected chi connectivity index (χ4v) is 4.80. The number of hydrogen-bond donors (Lipinski definition) is 1. The summed E-state index contributed by atoms with van der Waals surface area (Å²) >= 11 is 1.30. The number of rotatable bonds is 8. The standard InChI is InChI=1S/C23H21F3N4O2S/c1-2-14(7-8-30-12-27-28-13-30)9-15-3-6-19-20(10-15)33-21(29-19)16-4-5-17(22(31)32)18(11-16)23(24,25)26/h3-6,10-14H,2,7-9H2,1H3,(H,31,32).